The lowest BCUT2D eigenvalue weighted by atomic mass is 10.1. The van der Waals surface area contributed by atoms with E-state index in [0.717, 1.165) is 64.2 Å². The van der Waals surface area contributed by atoms with E-state index < -0.39 is 66.2 Å². The van der Waals surface area contributed by atoms with Gasteiger partial charge in [-0.25, -0.2) is 9.13 Å². The van der Waals surface area contributed by atoms with Gasteiger partial charge in [0.15, 0.2) is 6.10 Å². The van der Waals surface area contributed by atoms with Crippen LogP contribution in [0.25, 0.3) is 0 Å². The van der Waals surface area contributed by atoms with Crippen LogP contribution in [0.15, 0.2) is 48.6 Å². The molecule has 13 nitrogen and oxygen atoms in total. The maximum Gasteiger partial charge on any atom is 0.472 e. The first-order valence-corrected chi connectivity index (χ1v) is 24.4. The summed E-state index contributed by atoms with van der Waals surface area (Å²) in [5.74, 6) is -1.08. The number of hydrogen-bond acceptors (Lipinski definition) is 10. The van der Waals surface area contributed by atoms with E-state index in [0.29, 0.717) is 12.8 Å². The standard InChI is InChI=1S/C42H76O13P2/c1-3-5-7-9-11-13-15-17-19-21-23-25-27-29-31-33-41(44)51-37-40(38-54-57(49,50)53-36-39(43)35-52-56(46,47)48)55-42(45)34-32-30-28-26-24-22-20-18-16-14-12-10-8-6-4-2/h11,13-14,16-17,19,23,25,39-40,43H,3-10,12,15,18,20-22,24,26-38H2,1-2H3,(H,49,50)(H2,46,47,48)/b13-11-,16-14-,19-17-,25-23-/t39-,40+/m0/s1. The molecule has 0 saturated carbocycles. The molecule has 0 radical (unpaired) electrons. The van der Waals surface area contributed by atoms with Gasteiger partial charge in [-0.2, -0.15) is 0 Å². The SMILES string of the molecule is CCCCC/C=C\C/C=C\C/C=C\CCCCC(=O)OC[C@H](COP(=O)(O)OC[C@@H](O)COP(=O)(O)O)OC(=O)CCCCCCCCC/C=C\CCCCCC. The van der Waals surface area contributed by atoms with Crippen molar-refractivity contribution in [2.45, 2.75) is 180 Å². The van der Waals surface area contributed by atoms with Crippen molar-refractivity contribution in [2.24, 2.45) is 0 Å². The van der Waals surface area contributed by atoms with Crippen LogP contribution in [0.2, 0.25) is 0 Å². The molecule has 0 saturated heterocycles. The van der Waals surface area contributed by atoms with Gasteiger partial charge in [-0.1, -0.05) is 127 Å². The predicted octanol–water partition coefficient (Wildman–Crippen LogP) is 10.7. The van der Waals surface area contributed by atoms with E-state index in [1.165, 1.54) is 64.2 Å². The highest BCUT2D eigenvalue weighted by Gasteiger charge is 2.28. The molecule has 0 rings (SSSR count). The summed E-state index contributed by atoms with van der Waals surface area (Å²) in [4.78, 5) is 52.6. The predicted molar refractivity (Wildman–Crippen MR) is 225 cm³/mol. The minimum Gasteiger partial charge on any atom is -0.462 e. The van der Waals surface area contributed by atoms with E-state index >= 15 is 0 Å². The molecular weight excluding hydrogens is 774 g/mol. The van der Waals surface area contributed by atoms with Gasteiger partial charge in [-0.3, -0.25) is 23.2 Å². The molecule has 0 heterocycles. The van der Waals surface area contributed by atoms with Crippen molar-refractivity contribution in [2.75, 3.05) is 26.4 Å². The van der Waals surface area contributed by atoms with E-state index in [9.17, 15) is 28.7 Å². The molecule has 1 unspecified atom stereocenters. The van der Waals surface area contributed by atoms with Crippen LogP contribution in [0, 0.1) is 0 Å². The molecule has 0 aromatic carbocycles. The topological polar surface area (TPSA) is 195 Å². The molecule has 0 aromatic heterocycles. The molecule has 0 spiro atoms. The van der Waals surface area contributed by atoms with Crippen LogP contribution < -0.4 is 0 Å². The zero-order chi connectivity index (χ0) is 42.3. The van der Waals surface area contributed by atoms with Crippen molar-refractivity contribution >= 4 is 27.6 Å². The fraction of sp³-hybridized carbons (Fsp3) is 0.762. The molecule has 4 N–H and O–H groups in total. The highest BCUT2D eigenvalue weighted by molar-refractivity contribution is 7.47. The monoisotopic (exact) mass is 850 g/mol. The zero-order valence-electron chi connectivity index (χ0n) is 34.9. The molecule has 0 aliphatic heterocycles. The number of rotatable bonds is 40. The number of phosphoric acid groups is 2. The van der Waals surface area contributed by atoms with Crippen molar-refractivity contribution in [3.8, 4) is 0 Å². The molecule has 15 heteroatoms. The number of hydrogen-bond donors (Lipinski definition) is 4. The Bertz CT molecular complexity index is 1200. The van der Waals surface area contributed by atoms with Gasteiger partial charge in [0.25, 0.3) is 0 Å². The van der Waals surface area contributed by atoms with Crippen molar-refractivity contribution in [1.29, 1.82) is 0 Å². The summed E-state index contributed by atoms with van der Waals surface area (Å²) in [7, 11) is -9.68. The highest BCUT2D eigenvalue weighted by atomic mass is 31.2. The Labute approximate surface area is 343 Å². The lowest BCUT2D eigenvalue weighted by Gasteiger charge is -2.20. The number of esters is 2. The second kappa shape index (κ2) is 38.3. The number of aliphatic hydroxyl groups is 1. The number of carbonyl (C=O) groups is 2. The van der Waals surface area contributed by atoms with Crippen LogP contribution in [0.3, 0.4) is 0 Å². The van der Waals surface area contributed by atoms with Crippen molar-refractivity contribution in [1.82, 2.24) is 0 Å². The Hall–Kier alpha value is -1.92. The van der Waals surface area contributed by atoms with Gasteiger partial charge < -0.3 is 29.3 Å². The summed E-state index contributed by atoms with van der Waals surface area (Å²) in [6.07, 6.45) is 38.2. The van der Waals surface area contributed by atoms with Crippen molar-refractivity contribution in [3.05, 3.63) is 48.6 Å². The van der Waals surface area contributed by atoms with Crippen LogP contribution in [-0.4, -0.2) is 70.4 Å². The summed E-state index contributed by atoms with van der Waals surface area (Å²) in [6, 6.07) is 0. The number of aliphatic hydroxyl groups excluding tert-OH is 1. The van der Waals surface area contributed by atoms with Crippen LogP contribution in [0.5, 0.6) is 0 Å². The number of phosphoric ester groups is 2. The number of allylic oxidation sites excluding steroid dienone is 8. The van der Waals surface area contributed by atoms with Crippen LogP contribution in [-0.2, 0) is 41.8 Å². The lowest BCUT2D eigenvalue weighted by Crippen LogP contribution is -2.30. The van der Waals surface area contributed by atoms with Gasteiger partial charge in [0.2, 0.25) is 0 Å². The molecule has 0 fully saturated rings. The third kappa shape index (κ3) is 42.0. The van der Waals surface area contributed by atoms with E-state index in [2.05, 4.69) is 71.5 Å². The average molecular weight is 851 g/mol. The van der Waals surface area contributed by atoms with E-state index in [1.807, 2.05) is 0 Å². The summed E-state index contributed by atoms with van der Waals surface area (Å²) >= 11 is 0. The minimum atomic E-state index is -4.86. The van der Waals surface area contributed by atoms with Gasteiger partial charge in [-0.15, -0.1) is 0 Å². The molecule has 0 aliphatic rings. The summed E-state index contributed by atoms with van der Waals surface area (Å²) in [5.41, 5.74) is 0. The first kappa shape index (κ1) is 55.1. The molecule has 0 bridgehead atoms. The Balaban J connectivity index is 4.60. The average Bonchev–Trinajstić information content (AvgIpc) is 3.17. The molecule has 332 valence electrons. The fourth-order valence-corrected chi connectivity index (χ4v) is 6.56. The Morgan fingerprint density at radius 3 is 1.49 bits per heavy atom. The highest BCUT2D eigenvalue weighted by Crippen LogP contribution is 2.43. The molecule has 3 atom stereocenters. The number of ether oxygens (including phenoxy) is 2. The maximum absolute atomic E-state index is 12.6. The van der Waals surface area contributed by atoms with Gasteiger partial charge >= 0.3 is 27.6 Å². The van der Waals surface area contributed by atoms with Crippen LogP contribution >= 0.6 is 15.6 Å². The third-order valence-corrected chi connectivity index (χ3v) is 10.1. The summed E-state index contributed by atoms with van der Waals surface area (Å²) in [6.45, 7) is 1.67. The van der Waals surface area contributed by atoms with Crippen molar-refractivity contribution < 1.29 is 61.6 Å². The van der Waals surface area contributed by atoms with Crippen LogP contribution in [0.4, 0.5) is 0 Å². The Morgan fingerprint density at radius 1 is 0.509 bits per heavy atom. The Morgan fingerprint density at radius 2 is 0.912 bits per heavy atom. The molecule has 0 amide bonds. The second-order valence-corrected chi connectivity index (χ2v) is 16.9. The molecule has 0 aliphatic carbocycles. The third-order valence-electron chi connectivity index (χ3n) is 8.68. The van der Waals surface area contributed by atoms with E-state index in [4.69, 9.17) is 23.8 Å². The van der Waals surface area contributed by atoms with Gasteiger partial charge in [0.05, 0.1) is 19.8 Å². The molecule has 57 heavy (non-hydrogen) atoms. The van der Waals surface area contributed by atoms with Gasteiger partial charge in [0.1, 0.15) is 12.7 Å². The smallest absolute Gasteiger partial charge is 0.462 e. The summed E-state index contributed by atoms with van der Waals surface area (Å²) < 4.78 is 47.7. The quantitative estimate of drug-likeness (QED) is 0.0197. The van der Waals surface area contributed by atoms with E-state index in [1.54, 1.807) is 0 Å². The fourth-order valence-electron chi connectivity index (χ4n) is 5.41. The Kier molecular flexibility index (Phi) is 37.0. The second-order valence-electron chi connectivity index (χ2n) is 14.3. The first-order chi connectivity index (χ1) is 27.4. The number of carbonyl (C=O) groups excluding carboxylic acids is 2. The zero-order valence-corrected chi connectivity index (χ0v) is 36.7. The minimum absolute atomic E-state index is 0.117. The van der Waals surface area contributed by atoms with Gasteiger partial charge in [0, 0.05) is 12.8 Å². The number of unbranched alkanes of at least 4 members (excludes halogenated alkanes) is 16. The first-order valence-electron chi connectivity index (χ1n) is 21.3. The normalized spacial score (nSPS) is 14.6. The lowest BCUT2D eigenvalue weighted by molar-refractivity contribution is -0.161. The van der Waals surface area contributed by atoms with Crippen LogP contribution in [0.1, 0.15) is 168 Å². The maximum atomic E-state index is 12.6. The van der Waals surface area contributed by atoms with E-state index in [-0.39, 0.29) is 12.8 Å². The molecular formula is C42H76O13P2. The molecule has 0 aromatic rings. The summed E-state index contributed by atoms with van der Waals surface area (Å²) in [5, 5.41) is 9.73. The van der Waals surface area contributed by atoms with Gasteiger partial charge in [-0.05, 0) is 77.0 Å². The largest absolute Gasteiger partial charge is 0.472 e. The van der Waals surface area contributed by atoms with Crippen molar-refractivity contribution in [3.63, 3.8) is 0 Å².